The molecule has 8 atom stereocenters. The van der Waals surface area contributed by atoms with Crippen LogP contribution in [0.3, 0.4) is 0 Å². The van der Waals surface area contributed by atoms with Gasteiger partial charge in [0.05, 0.1) is 13.5 Å². The Hall–Kier alpha value is -1.56. The van der Waals surface area contributed by atoms with Crippen molar-refractivity contribution in [1.82, 2.24) is 5.32 Å². The number of carbonyl (C=O) groups is 2. The first-order chi connectivity index (χ1) is 18.6. The van der Waals surface area contributed by atoms with Gasteiger partial charge >= 0.3 is 12.1 Å². The molecule has 0 bridgehead atoms. The summed E-state index contributed by atoms with van der Waals surface area (Å²) in [5.41, 5.74) is 2.27. The average Bonchev–Trinajstić information content (AvgIpc) is 3.25. The zero-order valence-corrected chi connectivity index (χ0v) is 25.6. The number of nitrogens with one attached hydrogen (secondary N) is 1. The lowest BCUT2D eigenvalue weighted by Gasteiger charge is -2.58. The van der Waals surface area contributed by atoms with Gasteiger partial charge in [0.1, 0.15) is 12.8 Å². The summed E-state index contributed by atoms with van der Waals surface area (Å²) in [5.74, 6) is 4.69. The van der Waals surface area contributed by atoms with Crippen molar-refractivity contribution in [1.29, 1.82) is 0 Å². The van der Waals surface area contributed by atoms with Crippen molar-refractivity contribution < 1.29 is 23.8 Å². The molecule has 4 aliphatic carbocycles. The minimum Gasteiger partial charge on any atom is -0.469 e. The van der Waals surface area contributed by atoms with Gasteiger partial charge in [0, 0.05) is 13.0 Å². The molecule has 0 radical (unpaired) electrons. The number of carbonyl (C=O) groups excluding carboxylic acids is 2. The molecule has 1 N–H and O–H groups in total. The fourth-order valence-corrected chi connectivity index (χ4v) is 9.40. The van der Waals surface area contributed by atoms with Gasteiger partial charge in [-0.2, -0.15) is 0 Å². The van der Waals surface area contributed by atoms with Gasteiger partial charge in [-0.3, -0.25) is 10.1 Å². The molecule has 6 heteroatoms. The highest BCUT2D eigenvalue weighted by Gasteiger charge is 2.59. The van der Waals surface area contributed by atoms with Crippen LogP contribution in [0.1, 0.15) is 112 Å². The Bertz CT molecular complexity index is 885. The second-order valence-corrected chi connectivity index (χ2v) is 14.1. The predicted molar refractivity (Wildman–Crippen MR) is 154 cm³/mol. The highest BCUT2D eigenvalue weighted by Crippen LogP contribution is 2.67. The maximum atomic E-state index is 12.3. The molecule has 3 saturated carbocycles. The quantitative estimate of drug-likeness (QED) is 0.124. The summed E-state index contributed by atoms with van der Waals surface area (Å²) < 4.78 is 15.5. The maximum absolute atomic E-state index is 12.3. The summed E-state index contributed by atoms with van der Waals surface area (Å²) in [7, 11) is 1.36. The minimum atomic E-state index is -0.628. The third-order valence-corrected chi connectivity index (χ3v) is 11.5. The van der Waals surface area contributed by atoms with E-state index in [1.165, 1.54) is 64.0 Å². The van der Waals surface area contributed by atoms with Gasteiger partial charge in [0.25, 0.3) is 0 Å². The van der Waals surface area contributed by atoms with Crippen molar-refractivity contribution >= 4 is 12.1 Å². The molecular weight excluding hydrogens is 490 g/mol. The summed E-state index contributed by atoms with van der Waals surface area (Å²) in [6.07, 6.45) is 15.8. The van der Waals surface area contributed by atoms with E-state index >= 15 is 0 Å². The van der Waals surface area contributed by atoms with E-state index in [1.54, 1.807) is 0 Å². The first-order valence-corrected chi connectivity index (χ1v) is 15.9. The van der Waals surface area contributed by atoms with Crippen LogP contribution < -0.4 is 5.32 Å². The largest absolute Gasteiger partial charge is 0.509 e. The smallest absolute Gasteiger partial charge is 0.469 e. The highest BCUT2D eigenvalue weighted by molar-refractivity contribution is 5.69. The van der Waals surface area contributed by atoms with Gasteiger partial charge in [-0.15, -0.1) is 0 Å². The van der Waals surface area contributed by atoms with Crippen molar-refractivity contribution in [2.75, 3.05) is 20.4 Å². The zero-order valence-electron chi connectivity index (χ0n) is 25.6. The fraction of sp³-hybridized carbons (Fsp3) is 0.879. The summed E-state index contributed by atoms with van der Waals surface area (Å²) in [6, 6.07) is 0. The molecule has 0 spiro atoms. The number of ether oxygens (including phenoxy) is 3. The Morgan fingerprint density at radius 3 is 2.59 bits per heavy atom. The van der Waals surface area contributed by atoms with Gasteiger partial charge < -0.3 is 14.2 Å². The number of methoxy groups -OCH3 is 1. The van der Waals surface area contributed by atoms with Crippen molar-refractivity contribution in [3.63, 3.8) is 0 Å². The van der Waals surface area contributed by atoms with E-state index in [2.05, 4.69) is 50.7 Å². The topological polar surface area (TPSA) is 73.9 Å². The molecule has 39 heavy (non-hydrogen) atoms. The highest BCUT2D eigenvalue weighted by atomic mass is 16.7. The van der Waals surface area contributed by atoms with Gasteiger partial charge in [-0.1, -0.05) is 65.5 Å². The van der Waals surface area contributed by atoms with E-state index in [-0.39, 0.29) is 30.6 Å². The van der Waals surface area contributed by atoms with Gasteiger partial charge in [-0.25, -0.2) is 4.79 Å². The van der Waals surface area contributed by atoms with Crippen LogP contribution in [0.2, 0.25) is 0 Å². The van der Waals surface area contributed by atoms with Crippen molar-refractivity contribution in [3.8, 4) is 0 Å². The Morgan fingerprint density at radius 1 is 1.05 bits per heavy atom. The number of fused-ring (bicyclic) bond motifs is 5. The molecule has 6 nitrogen and oxygen atoms in total. The monoisotopic (exact) mass is 545 g/mol. The van der Waals surface area contributed by atoms with Crippen LogP contribution in [0.4, 0.5) is 4.79 Å². The van der Waals surface area contributed by atoms with Crippen LogP contribution in [0.5, 0.6) is 0 Å². The van der Waals surface area contributed by atoms with Crippen LogP contribution in [-0.4, -0.2) is 38.6 Å². The van der Waals surface area contributed by atoms with Crippen molar-refractivity contribution in [3.05, 3.63) is 11.6 Å². The van der Waals surface area contributed by atoms with Gasteiger partial charge in [0.15, 0.2) is 0 Å². The van der Waals surface area contributed by atoms with Gasteiger partial charge in [-0.05, 0) is 91.3 Å². The lowest BCUT2D eigenvalue weighted by atomic mass is 9.47. The minimum absolute atomic E-state index is 0.0320. The molecular formula is C33H55NO5. The normalized spacial score (nSPS) is 36.3. The first-order valence-electron chi connectivity index (χ1n) is 15.9. The van der Waals surface area contributed by atoms with E-state index in [0.29, 0.717) is 12.0 Å². The molecule has 5 unspecified atom stereocenters. The maximum Gasteiger partial charge on any atom is 0.509 e. The van der Waals surface area contributed by atoms with Crippen LogP contribution in [0.15, 0.2) is 11.6 Å². The molecule has 0 aromatic rings. The molecule has 4 aliphatic rings. The molecule has 0 heterocycles. The first kappa shape index (κ1) is 30.4. The molecule has 0 saturated heterocycles. The molecule has 0 aromatic heterocycles. The molecule has 0 amide bonds. The molecule has 222 valence electrons. The summed E-state index contributed by atoms with van der Waals surface area (Å²) in [5, 5.41) is 2.91. The third kappa shape index (κ3) is 6.68. The number of esters is 1. The van der Waals surface area contributed by atoms with E-state index in [0.717, 1.165) is 54.8 Å². The molecule has 0 aliphatic heterocycles. The predicted octanol–water partition coefficient (Wildman–Crippen LogP) is 7.66. The van der Waals surface area contributed by atoms with Crippen molar-refractivity contribution in [2.45, 2.75) is 118 Å². The Morgan fingerprint density at radius 2 is 1.85 bits per heavy atom. The van der Waals surface area contributed by atoms with Crippen LogP contribution >= 0.6 is 0 Å². The molecule has 0 aromatic carbocycles. The average molecular weight is 546 g/mol. The lowest BCUT2D eigenvalue weighted by molar-refractivity contribution is -0.140. The second kappa shape index (κ2) is 13.0. The number of hydrogen-bond donors (Lipinski definition) is 1. The van der Waals surface area contributed by atoms with E-state index in [1.807, 2.05) is 0 Å². The standard InChI is InChI=1S/C33H55NO5/c1-22(2)8-7-9-23(3)27-12-13-28-26-11-10-24-20-25(39-31(36)38-21-34-19-16-30(35)37-6)14-17-32(24,4)29(26)15-18-33(27,28)5/h10,22-23,25-29,34H,7-9,11-21H2,1-6H3/t23-,25?,26?,27?,28?,29?,32+,33-/m1/s1. The number of rotatable bonds is 11. The fourth-order valence-electron chi connectivity index (χ4n) is 9.40. The van der Waals surface area contributed by atoms with Crippen LogP contribution in [-0.2, 0) is 19.0 Å². The SMILES string of the molecule is COC(=O)CCNCOC(=O)OC1CC[C@@]2(C)C(=CCC3C4CCC([C@H](C)CCCC(C)C)[C@@]4(C)CCC32)C1. The number of allylic oxidation sites excluding steroid dienone is 1. The van der Waals surface area contributed by atoms with E-state index in [9.17, 15) is 9.59 Å². The summed E-state index contributed by atoms with van der Waals surface area (Å²) in [4.78, 5) is 23.4. The Kier molecular flexibility index (Phi) is 10.1. The zero-order chi connectivity index (χ0) is 28.2. The van der Waals surface area contributed by atoms with E-state index in [4.69, 9.17) is 9.47 Å². The summed E-state index contributed by atoms with van der Waals surface area (Å²) >= 11 is 0. The Balaban J connectivity index is 1.30. The molecule has 3 fully saturated rings. The van der Waals surface area contributed by atoms with Crippen LogP contribution in [0, 0.1) is 46.3 Å². The van der Waals surface area contributed by atoms with Crippen molar-refractivity contribution in [2.24, 2.45) is 46.3 Å². The van der Waals surface area contributed by atoms with E-state index < -0.39 is 6.16 Å². The second-order valence-electron chi connectivity index (χ2n) is 14.1. The lowest BCUT2D eigenvalue weighted by Crippen LogP contribution is -2.51. The number of hydrogen-bond acceptors (Lipinski definition) is 6. The third-order valence-electron chi connectivity index (χ3n) is 11.5. The molecule has 4 rings (SSSR count). The Labute approximate surface area is 237 Å². The summed E-state index contributed by atoms with van der Waals surface area (Å²) in [6.45, 7) is 12.9. The van der Waals surface area contributed by atoms with Gasteiger partial charge in [0.2, 0.25) is 0 Å². The van der Waals surface area contributed by atoms with Crippen LogP contribution in [0.25, 0.3) is 0 Å².